The van der Waals surface area contributed by atoms with Crippen LogP contribution in [0.3, 0.4) is 0 Å². The minimum atomic E-state index is 0. The highest BCUT2D eigenvalue weighted by Gasteiger charge is 2.16. The Hall–Kier alpha value is -1.27. The largest absolute Gasteiger partial charge is 0.396 e. The van der Waals surface area contributed by atoms with E-state index in [0.29, 0.717) is 32.0 Å². The number of rotatable bonds is 2. The number of halogens is 1. The van der Waals surface area contributed by atoms with Crippen molar-refractivity contribution in [3.05, 3.63) is 12.4 Å². The van der Waals surface area contributed by atoms with Crippen LogP contribution in [0, 0.1) is 0 Å². The van der Waals surface area contributed by atoms with Gasteiger partial charge in [-0.1, -0.05) is 0 Å². The molecule has 0 aromatic carbocycles. The molecule has 0 bridgehead atoms. The minimum Gasteiger partial charge on any atom is -0.396 e. The van der Waals surface area contributed by atoms with E-state index in [1.165, 1.54) is 6.20 Å². The van der Waals surface area contributed by atoms with Gasteiger partial charge in [0.2, 0.25) is 5.91 Å². The molecule has 6 nitrogen and oxygen atoms in total. The number of carbonyl (C=O) groups is 1. The van der Waals surface area contributed by atoms with Gasteiger partial charge in [0.25, 0.3) is 0 Å². The second-order valence-corrected chi connectivity index (χ2v) is 3.46. The first-order valence-electron chi connectivity index (χ1n) is 4.89. The second kappa shape index (κ2) is 5.72. The molecule has 2 N–H and O–H groups in total. The lowest BCUT2D eigenvalue weighted by Crippen LogP contribution is -2.42. The number of hydrogen-bond acceptors (Lipinski definition) is 4. The Kier molecular flexibility index (Phi) is 4.57. The fourth-order valence-electron chi connectivity index (χ4n) is 1.52. The van der Waals surface area contributed by atoms with Gasteiger partial charge in [0.05, 0.1) is 25.1 Å². The SMILES string of the molecule is Cl.Nc1cnn(CC(=O)N2CCOCC2)c1. The molecular formula is C9H15ClN4O2. The van der Waals surface area contributed by atoms with Crippen molar-refractivity contribution in [2.75, 3.05) is 32.0 Å². The van der Waals surface area contributed by atoms with Gasteiger partial charge in [-0.05, 0) is 0 Å². The van der Waals surface area contributed by atoms with Crippen LogP contribution < -0.4 is 5.73 Å². The van der Waals surface area contributed by atoms with Gasteiger partial charge in [-0.3, -0.25) is 9.48 Å². The molecule has 0 saturated carbocycles. The molecule has 1 aromatic heterocycles. The van der Waals surface area contributed by atoms with Crippen LogP contribution in [0.2, 0.25) is 0 Å². The molecule has 2 rings (SSSR count). The molecule has 90 valence electrons. The zero-order valence-electron chi connectivity index (χ0n) is 8.83. The van der Waals surface area contributed by atoms with Gasteiger partial charge in [-0.15, -0.1) is 12.4 Å². The van der Waals surface area contributed by atoms with Crippen LogP contribution in [0.4, 0.5) is 5.69 Å². The predicted molar refractivity (Wildman–Crippen MR) is 61.3 cm³/mol. The summed E-state index contributed by atoms with van der Waals surface area (Å²) in [6, 6.07) is 0. The molecule has 0 radical (unpaired) electrons. The summed E-state index contributed by atoms with van der Waals surface area (Å²) in [6.45, 7) is 2.81. The Morgan fingerprint density at radius 1 is 1.50 bits per heavy atom. The maximum Gasteiger partial charge on any atom is 0.244 e. The van der Waals surface area contributed by atoms with E-state index in [1.54, 1.807) is 15.8 Å². The molecule has 1 aromatic rings. The first kappa shape index (κ1) is 12.8. The zero-order chi connectivity index (χ0) is 10.7. The Morgan fingerprint density at radius 3 is 2.75 bits per heavy atom. The summed E-state index contributed by atoms with van der Waals surface area (Å²) in [6.07, 6.45) is 3.19. The van der Waals surface area contributed by atoms with Gasteiger partial charge >= 0.3 is 0 Å². The average Bonchev–Trinajstić information content (AvgIpc) is 2.65. The van der Waals surface area contributed by atoms with Gasteiger partial charge in [0.1, 0.15) is 6.54 Å². The van der Waals surface area contributed by atoms with E-state index in [-0.39, 0.29) is 24.9 Å². The highest BCUT2D eigenvalue weighted by atomic mass is 35.5. The minimum absolute atomic E-state index is 0. The van der Waals surface area contributed by atoms with Crippen molar-refractivity contribution < 1.29 is 9.53 Å². The maximum atomic E-state index is 11.7. The lowest BCUT2D eigenvalue weighted by Gasteiger charge is -2.26. The fourth-order valence-corrected chi connectivity index (χ4v) is 1.52. The van der Waals surface area contributed by atoms with Crippen LogP contribution in [0.15, 0.2) is 12.4 Å². The van der Waals surface area contributed by atoms with Gasteiger partial charge < -0.3 is 15.4 Å². The van der Waals surface area contributed by atoms with E-state index in [0.717, 1.165) is 0 Å². The molecule has 1 saturated heterocycles. The summed E-state index contributed by atoms with van der Waals surface area (Å²) >= 11 is 0. The van der Waals surface area contributed by atoms with E-state index in [4.69, 9.17) is 10.5 Å². The van der Waals surface area contributed by atoms with E-state index in [1.807, 2.05) is 0 Å². The highest BCUT2D eigenvalue weighted by Crippen LogP contribution is 2.01. The van der Waals surface area contributed by atoms with E-state index < -0.39 is 0 Å². The van der Waals surface area contributed by atoms with Crippen LogP contribution in [-0.2, 0) is 16.1 Å². The Bertz CT molecular complexity index is 349. The van der Waals surface area contributed by atoms with Crippen LogP contribution in [-0.4, -0.2) is 46.9 Å². The van der Waals surface area contributed by atoms with Gasteiger partial charge in [-0.2, -0.15) is 5.10 Å². The van der Waals surface area contributed by atoms with Crippen molar-refractivity contribution in [2.24, 2.45) is 0 Å². The maximum absolute atomic E-state index is 11.7. The van der Waals surface area contributed by atoms with Crippen LogP contribution in [0.25, 0.3) is 0 Å². The van der Waals surface area contributed by atoms with Crippen molar-refractivity contribution in [2.45, 2.75) is 6.54 Å². The Balaban J connectivity index is 0.00000128. The number of nitrogens with two attached hydrogens (primary N) is 1. The number of hydrogen-bond donors (Lipinski definition) is 1. The van der Waals surface area contributed by atoms with Crippen LogP contribution >= 0.6 is 12.4 Å². The Labute approximate surface area is 99.8 Å². The summed E-state index contributed by atoms with van der Waals surface area (Å²) in [5, 5.41) is 3.96. The van der Waals surface area contributed by atoms with Crippen molar-refractivity contribution in [3.63, 3.8) is 0 Å². The highest BCUT2D eigenvalue weighted by molar-refractivity contribution is 5.85. The number of nitrogens with zero attached hydrogens (tertiary/aromatic N) is 3. The van der Waals surface area contributed by atoms with Crippen LogP contribution in [0.5, 0.6) is 0 Å². The molecule has 0 atom stereocenters. The third-order valence-electron chi connectivity index (χ3n) is 2.31. The summed E-state index contributed by atoms with van der Waals surface area (Å²) in [5.41, 5.74) is 6.08. The first-order valence-corrected chi connectivity index (χ1v) is 4.89. The van der Waals surface area contributed by atoms with Crippen LogP contribution in [0.1, 0.15) is 0 Å². The predicted octanol–water partition coefficient (Wildman–Crippen LogP) is -0.254. The monoisotopic (exact) mass is 246 g/mol. The molecule has 1 aliphatic heterocycles. The molecule has 16 heavy (non-hydrogen) atoms. The summed E-state index contributed by atoms with van der Waals surface area (Å²) in [4.78, 5) is 13.5. The van der Waals surface area contributed by atoms with Gasteiger partial charge in [0, 0.05) is 19.3 Å². The van der Waals surface area contributed by atoms with Crippen molar-refractivity contribution in [3.8, 4) is 0 Å². The molecule has 1 aliphatic rings. The number of anilines is 1. The molecule has 0 unspecified atom stereocenters. The topological polar surface area (TPSA) is 73.4 Å². The Morgan fingerprint density at radius 2 is 2.19 bits per heavy atom. The number of morpholine rings is 1. The quantitative estimate of drug-likeness (QED) is 0.781. The number of aromatic nitrogens is 2. The third-order valence-corrected chi connectivity index (χ3v) is 2.31. The molecule has 0 spiro atoms. The first-order chi connectivity index (χ1) is 7.25. The lowest BCUT2D eigenvalue weighted by molar-refractivity contribution is -0.136. The fraction of sp³-hybridized carbons (Fsp3) is 0.556. The number of carbonyl (C=O) groups excluding carboxylic acids is 1. The molecular weight excluding hydrogens is 232 g/mol. The molecule has 0 aliphatic carbocycles. The van der Waals surface area contributed by atoms with E-state index in [2.05, 4.69) is 5.10 Å². The van der Waals surface area contributed by atoms with E-state index >= 15 is 0 Å². The summed E-state index contributed by atoms with van der Waals surface area (Å²) in [7, 11) is 0. The smallest absolute Gasteiger partial charge is 0.244 e. The number of ether oxygens (including phenoxy) is 1. The van der Waals surface area contributed by atoms with E-state index in [9.17, 15) is 4.79 Å². The van der Waals surface area contributed by atoms with Crippen molar-refractivity contribution in [1.29, 1.82) is 0 Å². The summed E-state index contributed by atoms with van der Waals surface area (Å²) < 4.78 is 6.72. The zero-order valence-corrected chi connectivity index (χ0v) is 9.65. The van der Waals surface area contributed by atoms with Gasteiger partial charge in [0.15, 0.2) is 0 Å². The number of nitrogen functional groups attached to an aromatic ring is 1. The summed E-state index contributed by atoms with van der Waals surface area (Å²) in [5.74, 6) is 0.0569. The average molecular weight is 247 g/mol. The second-order valence-electron chi connectivity index (χ2n) is 3.46. The molecule has 7 heteroatoms. The lowest BCUT2D eigenvalue weighted by atomic mass is 10.4. The third kappa shape index (κ3) is 3.11. The normalized spacial score (nSPS) is 15.6. The molecule has 2 heterocycles. The molecule has 1 fully saturated rings. The number of amides is 1. The van der Waals surface area contributed by atoms with Crippen molar-refractivity contribution >= 4 is 24.0 Å². The van der Waals surface area contributed by atoms with Gasteiger partial charge in [-0.25, -0.2) is 0 Å². The van der Waals surface area contributed by atoms with Crippen molar-refractivity contribution in [1.82, 2.24) is 14.7 Å². The molecule has 1 amide bonds. The standard InChI is InChI=1S/C9H14N4O2.ClH/c10-8-5-11-13(6-8)7-9(14)12-1-3-15-4-2-12;/h5-6H,1-4,7,10H2;1H.